The van der Waals surface area contributed by atoms with Crippen molar-refractivity contribution in [2.45, 2.75) is 6.42 Å². The van der Waals surface area contributed by atoms with Gasteiger partial charge < -0.3 is 14.2 Å². The predicted octanol–water partition coefficient (Wildman–Crippen LogP) is 2.12. The van der Waals surface area contributed by atoms with Gasteiger partial charge in [-0.15, -0.1) is 0 Å². The topological polar surface area (TPSA) is 85.9 Å². The standard InChI is InChI=1S/C18H17ClN2O5/c1-24-14-5-3-12(19)10-13(14)18(23)21-20-17(22)9-11-2-4-15-16(8-11)26-7-6-25-15/h2-5,8,10H,6-7,9H2,1H3,(H,20,22)(H,21,23). The molecule has 0 aliphatic carbocycles. The predicted molar refractivity (Wildman–Crippen MR) is 94.7 cm³/mol. The maximum atomic E-state index is 12.2. The number of methoxy groups -OCH3 is 1. The Kier molecular flexibility index (Phi) is 5.48. The molecule has 7 nitrogen and oxygen atoms in total. The summed E-state index contributed by atoms with van der Waals surface area (Å²) in [5.74, 6) is 0.708. The van der Waals surface area contributed by atoms with Gasteiger partial charge in [0.2, 0.25) is 5.91 Å². The quantitative estimate of drug-likeness (QED) is 0.798. The molecule has 0 bridgehead atoms. The Morgan fingerprint density at radius 3 is 2.62 bits per heavy atom. The Morgan fingerprint density at radius 2 is 1.85 bits per heavy atom. The van der Waals surface area contributed by atoms with Gasteiger partial charge in [-0.1, -0.05) is 17.7 Å². The van der Waals surface area contributed by atoms with Crippen LogP contribution in [0.1, 0.15) is 15.9 Å². The molecule has 2 aromatic carbocycles. The lowest BCUT2D eigenvalue weighted by Crippen LogP contribution is -2.42. The first kappa shape index (κ1) is 17.9. The Balaban J connectivity index is 1.59. The molecule has 3 rings (SSSR count). The van der Waals surface area contributed by atoms with Crippen molar-refractivity contribution < 1.29 is 23.8 Å². The lowest BCUT2D eigenvalue weighted by molar-refractivity contribution is -0.121. The normalized spacial score (nSPS) is 12.2. The molecule has 136 valence electrons. The highest BCUT2D eigenvalue weighted by molar-refractivity contribution is 6.31. The van der Waals surface area contributed by atoms with E-state index in [0.717, 1.165) is 5.56 Å². The van der Waals surface area contributed by atoms with Crippen molar-refractivity contribution in [2.24, 2.45) is 0 Å². The van der Waals surface area contributed by atoms with E-state index >= 15 is 0 Å². The van der Waals surface area contributed by atoms with Gasteiger partial charge >= 0.3 is 0 Å². The zero-order chi connectivity index (χ0) is 18.5. The third kappa shape index (κ3) is 4.18. The summed E-state index contributed by atoms with van der Waals surface area (Å²) in [6, 6.07) is 9.92. The van der Waals surface area contributed by atoms with E-state index in [1.54, 1.807) is 30.3 Å². The zero-order valence-corrected chi connectivity index (χ0v) is 14.8. The summed E-state index contributed by atoms with van der Waals surface area (Å²) >= 11 is 5.90. The van der Waals surface area contributed by atoms with Gasteiger partial charge in [-0.25, -0.2) is 0 Å². The number of hydrogen-bond donors (Lipinski definition) is 2. The van der Waals surface area contributed by atoms with Crippen LogP contribution in [0.3, 0.4) is 0 Å². The van der Waals surface area contributed by atoms with Crippen molar-refractivity contribution >= 4 is 23.4 Å². The smallest absolute Gasteiger partial charge is 0.273 e. The maximum absolute atomic E-state index is 12.2. The highest BCUT2D eigenvalue weighted by Gasteiger charge is 2.15. The van der Waals surface area contributed by atoms with Crippen LogP contribution >= 0.6 is 11.6 Å². The van der Waals surface area contributed by atoms with Crippen LogP contribution in [0.2, 0.25) is 5.02 Å². The second-order valence-electron chi connectivity index (χ2n) is 5.50. The number of amides is 2. The van der Waals surface area contributed by atoms with Crippen LogP contribution in [-0.2, 0) is 11.2 Å². The average Bonchev–Trinajstić information content (AvgIpc) is 2.66. The SMILES string of the molecule is COc1ccc(Cl)cc1C(=O)NNC(=O)Cc1ccc2c(c1)OCCO2. The summed E-state index contributed by atoms with van der Waals surface area (Å²) in [4.78, 5) is 24.3. The van der Waals surface area contributed by atoms with Crippen molar-refractivity contribution in [2.75, 3.05) is 20.3 Å². The summed E-state index contributed by atoms with van der Waals surface area (Å²) in [5, 5.41) is 0.388. The lowest BCUT2D eigenvalue weighted by atomic mass is 10.1. The van der Waals surface area contributed by atoms with Crippen LogP contribution in [-0.4, -0.2) is 32.1 Å². The summed E-state index contributed by atoms with van der Waals surface area (Å²) < 4.78 is 16.0. The molecule has 2 N–H and O–H groups in total. The Morgan fingerprint density at radius 1 is 1.08 bits per heavy atom. The van der Waals surface area contributed by atoms with Gasteiger partial charge in [0.25, 0.3) is 5.91 Å². The minimum absolute atomic E-state index is 0.0730. The Bertz CT molecular complexity index is 840. The first-order chi connectivity index (χ1) is 12.6. The van der Waals surface area contributed by atoms with Crippen molar-refractivity contribution in [3.05, 3.63) is 52.5 Å². The lowest BCUT2D eigenvalue weighted by Gasteiger charge is -2.18. The van der Waals surface area contributed by atoms with E-state index < -0.39 is 5.91 Å². The second-order valence-corrected chi connectivity index (χ2v) is 5.94. The van der Waals surface area contributed by atoms with Gasteiger partial charge in [0.05, 0.1) is 19.1 Å². The summed E-state index contributed by atoms with van der Waals surface area (Å²) in [7, 11) is 1.44. The van der Waals surface area contributed by atoms with E-state index in [1.165, 1.54) is 13.2 Å². The van der Waals surface area contributed by atoms with Crippen LogP contribution in [0.25, 0.3) is 0 Å². The molecule has 0 unspecified atom stereocenters. The van der Waals surface area contributed by atoms with Crippen molar-refractivity contribution in [3.63, 3.8) is 0 Å². The number of nitrogens with one attached hydrogen (secondary N) is 2. The van der Waals surface area contributed by atoms with Gasteiger partial charge in [-0.05, 0) is 35.9 Å². The van der Waals surface area contributed by atoms with E-state index in [1.807, 2.05) is 0 Å². The minimum atomic E-state index is -0.528. The fourth-order valence-corrected chi connectivity index (χ4v) is 2.65. The number of carbonyl (C=O) groups is 2. The van der Waals surface area contributed by atoms with Gasteiger partial charge in [-0.2, -0.15) is 0 Å². The molecule has 0 atom stereocenters. The molecule has 1 heterocycles. The molecule has 0 spiro atoms. The number of hydrazine groups is 1. The van der Waals surface area contributed by atoms with Crippen molar-refractivity contribution in [3.8, 4) is 17.2 Å². The Labute approximate surface area is 155 Å². The Hall–Kier alpha value is -2.93. The fraction of sp³-hybridized carbons (Fsp3) is 0.222. The van der Waals surface area contributed by atoms with Crippen LogP contribution < -0.4 is 25.1 Å². The number of rotatable bonds is 4. The zero-order valence-electron chi connectivity index (χ0n) is 14.0. The molecule has 8 heteroatoms. The number of benzene rings is 2. The average molecular weight is 377 g/mol. The van der Waals surface area contributed by atoms with E-state index in [-0.39, 0.29) is 17.9 Å². The van der Waals surface area contributed by atoms with Gasteiger partial charge in [-0.3, -0.25) is 20.4 Å². The molecule has 0 saturated heterocycles. The first-order valence-corrected chi connectivity index (χ1v) is 8.26. The van der Waals surface area contributed by atoms with E-state index in [0.29, 0.717) is 35.5 Å². The molecule has 1 aliphatic rings. The number of carbonyl (C=O) groups excluding carboxylic acids is 2. The van der Waals surface area contributed by atoms with Crippen LogP contribution in [0.15, 0.2) is 36.4 Å². The maximum Gasteiger partial charge on any atom is 0.273 e. The molecule has 0 aromatic heterocycles. The number of hydrogen-bond acceptors (Lipinski definition) is 5. The molecule has 2 aromatic rings. The highest BCUT2D eigenvalue weighted by Crippen LogP contribution is 2.30. The van der Waals surface area contributed by atoms with E-state index in [4.69, 9.17) is 25.8 Å². The van der Waals surface area contributed by atoms with Gasteiger partial charge in [0.15, 0.2) is 11.5 Å². The third-order valence-corrected chi connectivity index (χ3v) is 3.93. The monoisotopic (exact) mass is 376 g/mol. The van der Waals surface area contributed by atoms with Crippen molar-refractivity contribution in [1.82, 2.24) is 10.9 Å². The number of ether oxygens (including phenoxy) is 3. The number of halogens is 1. The van der Waals surface area contributed by atoms with Crippen molar-refractivity contribution in [1.29, 1.82) is 0 Å². The molecular weight excluding hydrogens is 360 g/mol. The van der Waals surface area contributed by atoms with Crippen LogP contribution in [0.5, 0.6) is 17.2 Å². The molecule has 2 amide bonds. The summed E-state index contributed by atoms with van der Waals surface area (Å²) in [5.41, 5.74) is 5.68. The van der Waals surface area contributed by atoms with Crippen LogP contribution in [0, 0.1) is 0 Å². The van der Waals surface area contributed by atoms with Crippen LogP contribution in [0.4, 0.5) is 0 Å². The largest absolute Gasteiger partial charge is 0.496 e. The molecular formula is C18H17ClN2O5. The third-order valence-electron chi connectivity index (χ3n) is 3.69. The minimum Gasteiger partial charge on any atom is -0.496 e. The molecule has 1 aliphatic heterocycles. The molecule has 26 heavy (non-hydrogen) atoms. The van der Waals surface area contributed by atoms with E-state index in [2.05, 4.69) is 10.9 Å². The fourth-order valence-electron chi connectivity index (χ4n) is 2.48. The summed E-state index contributed by atoms with van der Waals surface area (Å²) in [6.07, 6.45) is 0.0730. The van der Waals surface area contributed by atoms with Gasteiger partial charge in [0.1, 0.15) is 19.0 Å². The van der Waals surface area contributed by atoms with E-state index in [9.17, 15) is 9.59 Å². The molecule has 0 saturated carbocycles. The highest BCUT2D eigenvalue weighted by atomic mass is 35.5. The number of fused-ring (bicyclic) bond motifs is 1. The second kappa shape index (κ2) is 7.97. The first-order valence-electron chi connectivity index (χ1n) is 7.88. The summed E-state index contributed by atoms with van der Waals surface area (Å²) in [6.45, 7) is 0.978. The van der Waals surface area contributed by atoms with Gasteiger partial charge in [0, 0.05) is 5.02 Å². The molecule has 0 fully saturated rings. The molecule has 0 radical (unpaired) electrons.